The number of nitrogen functional groups attached to an aromatic ring is 1. The quantitative estimate of drug-likeness (QED) is 0.822. The molecule has 2 rings (SSSR count). The molecule has 0 heterocycles. The Kier molecular flexibility index (Phi) is 5.24. The average molecular weight is 344 g/mol. The predicted octanol–water partition coefficient (Wildman–Crippen LogP) is 4.32. The maximum Gasteiger partial charge on any atom is 0.0992 e. The Hall–Kier alpha value is -1.99. The van der Waals surface area contributed by atoms with Gasteiger partial charge in [-0.15, -0.1) is 0 Å². The zero-order chi connectivity index (χ0) is 15.2. The monoisotopic (exact) mass is 343 g/mol. The molecule has 0 aliphatic rings. The highest BCUT2D eigenvalue weighted by molar-refractivity contribution is 9.10. The molecule has 0 saturated heterocycles. The van der Waals surface area contributed by atoms with Gasteiger partial charge < -0.3 is 10.6 Å². The van der Waals surface area contributed by atoms with E-state index in [2.05, 4.69) is 39.9 Å². The van der Waals surface area contributed by atoms with Crippen molar-refractivity contribution in [1.82, 2.24) is 0 Å². The third kappa shape index (κ3) is 3.77. The van der Waals surface area contributed by atoms with Crippen LogP contribution in [0.3, 0.4) is 0 Å². The molecule has 0 unspecified atom stereocenters. The Morgan fingerprint density at radius 2 is 2.00 bits per heavy atom. The second-order valence-corrected chi connectivity index (χ2v) is 5.75. The van der Waals surface area contributed by atoms with E-state index < -0.39 is 0 Å². The van der Waals surface area contributed by atoms with Gasteiger partial charge in [0, 0.05) is 23.2 Å². The van der Waals surface area contributed by atoms with Gasteiger partial charge in [0.25, 0.3) is 0 Å². The van der Waals surface area contributed by atoms with E-state index in [1.165, 1.54) is 0 Å². The van der Waals surface area contributed by atoms with E-state index in [-0.39, 0.29) is 0 Å². The molecule has 0 spiro atoms. The number of benzene rings is 2. The molecule has 4 heteroatoms. The molecule has 0 bridgehead atoms. The van der Waals surface area contributed by atoms with Crippen molar-refractivity contribution in [2.75, 3.05) is 17.2 Å². The fraction of sp³-hybridized carbons (Fsp3) is 0.235. The second kappa shape index (κ2) is 7.14. The van der Waals surface area contributed by atoms with E-state index in [4.69, 9.17) is 11.0 Å². The number of anilines is 2. The minimum absolute atomic E-state index is 0.654. The highest BCUT2D eigenvalue weighted by Gasteiger charge is 2.12. The van der Waals surface area contributed by atoms with E-state index in [0.29, 0.717) is 5.56 Å². The van der Waals surface area contributed by atoms with Crippen LogP contribution in [0, 0.1) is 11.3 Å². The fourth-order valence-corrected chi connectivity index (χ4v) is 2.90. The van der Waals surface area contributed by atoms with Gasteiger partial charge in [-0.1, -0.05) is 25.1 Å². The van der Waals surface area contributed by atoms with Crippen LogP contribution >= 0.6 is 15.9 Å². The first kappa shape index (κ1) is 15.4. The summed E-state index contributed by atoms with van der Waals surface area (Å²) in [6, 6.07) is 15.8. The van der Waals surface area contributed by atoms with Gasteiger partial charge in [0.05, 0.1) is 17.3 Å². The van der Waals surface area contributed by atoms with Crippen molar-refractivity contribution in [2.24, 2.45) is 0 Å². The van der Waals surface area contributed by atoms with E-state index in [1.807, 2.05) is 36.4 Å². The number of hydrogen-bond donors (Lipinski definition) is 1. The molecule has 2 aromatic rings. The third-order valence-corrected chi connectivity index (χ3v) is 3.96. The van der Waals surface area contributed by atoms with Crippen LogP contribution in [0.2, 0.25) is 0 Å². The first-order valence-corrected chi connectivity index (χ1v) is 7.73. The van der Waals surface area contributed by atoms with Gasteiger partial charge in [-0.05, 0) is 52.2 Å². The number of rotatable bonds is 5. The molecule has 2 N–H and O–H groups in total. The van der Waals surface area contributed by atoms with Gasteiger partial charge in [-0.2, -0.15) is 5.26 Å². The normalized spacial score (nSPS) is 10.1. The van der Waals surface area contributed by atoms with Gasteiger partial charge in [-0.3, -0.25) is 0 Å². The molecule has 0 aromatic heterocycles. The molecule has 0 fully saturated rings. The zero-order valence-corrected chi connectivity index (χ0v) is 13.6. The van der Waals surface area contributed by atoms with Crippen LogP contribution in [0.5, 0.6) is 0 Å². The van der Waals surface area contributed by atoms with Crippen molar-refractivity contribution in [3.05, 3.63) is 58.1 Å². The zero-order valence-electron chi connectivity index (χ0n) is 12.0. The van der Waals surface area contributed by atoms with Crippen molar-refractivity contribution in [1.29, 1.82) is 5.26 Å². The molecule has 0 radical (unpaired) electrons. The summed E-state index contributed by atoms with van der Waals surface area (Å²) < 4.78 is 0.935. The Labute approximate surface area is 134 Å². The lowest BCUT2D eigenvalue weighted by molar-refractivity contribution is 0.767. The van der Waals surface area contributed by atoms with Crippen molar-refractivity contribution in [2.45, 2.75) is 19.9 Å². The molecule has 0 aliphatic carbocycles. The summed E-state index contributed by atoms with van der Waals surface area (Å²) in [6.45, 7) is 3.84. The van der Waals surface area contributed by atoms with Gasteiger partial charge >= 0.3 is 0 Å². The lowest BCUT2D eigenvalue weighted by Crippen LogP contribution is -2.24. The van der Waals surface area contributed by atoms with Crippen LogP contribution in [0.25, 0.3) is 0 Å². The van der Waals surface area contributed by atoms with Crippen LogP contribution in [-0.4, -0.2) is 6.54 Å². The van der Waals surface area contributed by atoms with Crippen molar-refractivity contribution in [3.8, 4) is 6.07 Å². The predicted molar refractivity (Wildman–Crippen MR) is 91.1 cm³/mol. The fourth-order valence-electron chi connectivity index (χ4n) is 2.27. The van der Waals surface area contributed by atoms with Crippen LogP contribution in [0.15, 0.2) is 46.9 Å². The maximum atomic E-state index is 8.97. The Morgan fingerprint density at radius 1 is 1.24 bits per heavy atom. The second-order valence-electron chi connectivity index (χ2n) is 4.90. The number of nitrogens with zero attached hydrogens (tertiary/aromatic N) is 2. The van der Waals surface area contributed by atoms with E-state index in [0.717, 1.165) is 40.9 Å². The highest BCUT2D eigenvalue weighted by Crippen LogP contribution is 2.29. The standard InChI is InChI=1S/C17H18BrN3/c1-2-9-21(12-14-5-3-4-6-16(14)20)17-8-7-13(11-19)10-15(17)18/h3-8,10H,2,9,12,20H2,1H3. The molecule has 21 heavy (non-hydrogen) atoms. The number of nitrogens with two attached hydrogens (primary N) is 1. The summed E-state index contributed by atoms with van der Waals surface area (Å²) in [6.07, 6.45) is 1.04. The molecule has 108 valence electrons. The summed E-state index contributed by atoms with van der Waals surface area (Å²) in [4.78, 5) is 2.27. The molecule has 0 amide bonds. The summed E-state index contributed by atoms with van der Waals surface area (Å²) in [5.74, 6) is 0. The smallest absolute Gasteiger partial charge is 0.0992 e. The Bertz CT molecular complexity index is 661. The Balaban J connectivity index is 2.31. The van der Waals surface area contributed by atoms with Crippen molar-refractivity contribution in [3.63, 3.8) is 0 Å². The minimum atomic E-state index is 0.654. The minimum Gasteiger partial charge on any atom is -0.398 e. The third-order valence-electron chi connectivity index (χ3n) is 3.33. The molecule has 3 nitrogen and oxygen atoms in total. The molecule has 0 atom stereocenters. The SMILES string of the molecule is CCCN(Cc1ccccc1N)c1ccc(C#N)cc1Br. The van der Waals surface area contributed by atoms with Crippen LogP contribution in [-0.2, 0) is 6.54 Å². The molecular weight excluding hydrogens is 326 g/mol. The first-order valence-electron chi connectivity index (χ1n) is 6.93. The maximum absolute atomic E-state index is 8.97. The molecule has 0 saturated carbocycles. The van der Waals surface area contributed by atoms with Gasteiger partial charge in [0.15, 0.2) is 0 Å². The summed E-state index contributed by atoms with van der Waals surface area (Å²) in [5, 5.41) is 8.97. The Morgan fingerprint density at radius 3 is 2.62 bits per heavy atom. The summed E-state index contributed by atoms with van der Waals surface area (Å²) >= 11 is 3.57. The molecular formula is C17H18BrN3. The molecule has 2 aromatic carbocycles. The highest BCUT2D eigenvalue weighted by atomic mass is 79.9. The molecule has 0 aliphatic heterocycles. The number of para-hydroxylation sites is 1. The van der Waals surface area contributed by atoms with Crippen LogP contribution in [0.4, 0.5) is 11.4 Å². The largest absolute Gasteiger partial charge is 0.398 e. The first-order chi connectivity index (χ1) is 10.2. The van der Waals surface area contributed by atoms with E-state index in [1.54, 1.807) is 0 Å². The van der Waals surface area contributed by atoms with Crippen LogP contribution < -0.4 is 10.6 Å². The van der Waals surface area contributed by atoms with E-state index in [9.17, 15) is 0 Å². The summed E-state index contributed by atoms with van der Waals surface area (Å²) in [5.41, 5.74) is 9.70. The van der Waals surface area contributed by atoms with Gasteiger partial charge in [-0.25, -0.2) is 0 Å². The number of nitriles is 1. The number of halogens is 1. The van der Waals surface area contributed by atoms with Gasteiger partial charge in [0.1, 0.15) is 0 Å². The van der Waals surface area contributed by atoms with Crippen molar-refractivity contribution >= 4 is 27.3 Å². The van der Waals surface area contributed by atoms with Gasteiger partial charge in [0.2, 0.25) is 0 Å². The number of hydrogen-bond acceptors (Lipinski definition) is 3. The van der Waals surface area contributed by atoms with Crippen LogP contribution in [0.1, 0.15) is 24.5 Å². The topological polar surface area (TPSA) is 53.0 Å². The summed E-state index contributed by atoms with van der Waals surface area (Å²) in [7, 11) is 0. The van der Waals surface area contributed by atoms with Crippen molar-refractivity contribution < 1.29 is 0 Å². The van der Waals surface area contributed by atoms with E-state index >= 15 is 0 Å². The lowest BCUT2D eigenvalue weighted by atomic mass is 10.1. The lowest BCUT2D eigenvalue weighted by Gasteiger charge is -2.26. The average Bonchev–Trinajstić information content (AvgIpc) is 2.49.